The predicted molar refractivity (Wildman–Crippen MR) is 60.8 cm³/mol. The first-order valence-electron chi connectivity index (χ1n) is 4.44. The van der Waals surface area contributed by atoms with E-state index in [9.17, 15) is 0 Å². The second-order valence-electron chi connectivity index (χ2n) is 3.10. The molecule has 0 aromatic carbocycles. The van der Waals surface area contributed by atoms with Crippen LogP contribution in [-0.2, 0) is 6.42 Å². The van der Waals surface area contributed by atoms with Crippen molar-refractivity contribution in [2.75, 3.05) is 26.4 Å². The minimum absolute atomic E-state index is 1.10. The van der Waals surface area contributed by atoms with Crippen LogP contribution in [0.3, 0.4) is 0 Å². The van der Waals surface area contributed by atoms with Crippen molar-refractivity contribution in [1.29, 1.82) is 0 Å². The maximum atomic E-state index is 4.35. The van der Waals surface area contributed by atoms with Gasteiger partial charge in [0.15, 0.2) is 0 Å². The summed E-state index contributed by atoms with van der Waals surface area (Å²) < 4.78 is 1.21. The normalized spacial score (nSPS) is 11.1. The quantitative estimate of drug-likeness (QED) is 0.703. The molecule has 0 saturated carbocycles. The molecule has 0 aliphatic heterocycles. The van der Waals surface area contributed by atoms with Crippen molar-refractivity contribution >= 4 is 23.1 Å². The first-order chi connectivity index (χ1) is 6.22. The monoisotopic (exact) mass is 216 g/mol. The van der Waals surface area contributed by atoms with E-state index in [1.54, 1.807) is 0 Å². The Hall–Kier alpha value is -0.0600. The van der Waals surface area contributed by atoms with E-state index in [0.717, 1.165) is 18.7 Å². The zero-order chi connectivity index (χ0) is 9.68. The molecule has 4 heteroatoms. The molecule has 0 atom stereocenters. The largest absolute Gasteiger partial charge is 0.309 e. The van der Waals surface area contributed by atoms with Crippen molar-refractivity contribution in [3.05, 3.63) is 11.1 Å². The van der Waals surface area contributed by atoms with Crippen LogP contribution < -0.4 is 0 Å². The Bertz CT molecular complexity index is 246. The molecule has 0 radical (unpaired) electrons. The molecule has 0 saturated heterocycles. The Morgan fingerprint density at radius 2 is 2.31 bits per heavy atom. The van der Waals surface area contributed by atoms with Gasteiger partial charge in [0.05, 0.1) is 0 Å². The molecule has 2 nitrogen and oxygen atoms in total. The van der Waals surface area contributed by atoms with Crippen molar-refractivity contribution in [2.24, 2.45) is 0 Å². The van der Waals surface area contributed by atoms with Gasteiger partial charge in [0.25, 0.3) is 0 Å². The van der Waals surface area contributed by atoms with E-state index < -0.39 is 0 Å². The Labute approximate surface area is 88.4 Å². The second-order valence-corrected chi connectivity index (χ2v) is 5.56. The molecule has 13 heavy (non-hydrogen) atoms. The van der Waals surface area contributed by atoms with Crippen molar-refractivity contribution in [3.63, 3.8) is 0 Å². The summed E-state index contributed by atoms with van der Waals surface area (Å²) in [5, 5.41) is 0. The molecule has 0 unspecified atom stereocenters. The van der Waals surface area contributed by atoms with E-state index >= 15 is 0 Å². The number of aryl methyl sites for hydroxylation is 1. The fourth-order valence-electron chi connectivity index (χ4n) is 0.835. The molecule has 1 heterocycles. The lowest BCUT2D eigenvalue weighted by molar-refractivity contribution is 0.437. The second kappa shape index (κ2) is 5.62. The molecular weight excluding hydrogens is 200 g/mol. The molecule has 1 rings (SSSR count). The summed E-state index contributed by atoms with van der Waals surface area (Å²) in [5.74, 6) is 1.13. The Morgan fingerprint density at radius 1 is 1.54 bits per heavy atom. The average molecular weight is 216 g/mol. The van der Waals surface area contributed by atoms with Gasteiger partial charge in [0, 0.05) is 23.4 Å². The van der Waals surface area contributed by atoms with Crippen LogP contribution in [-0.4, -0.2) is 36.3 Å². The maximum absolute atomic E-state index is 4.35. The van der Waals surface area contributed by atoms with Crippen LogP contribution in [0.1, 0.15) is 11.8 Å². The van der Waals surface area contributed by atoms with Crippen molar-refractivity contribution in [2.45, 2.75) is 17.7 Å². The van der Waals surface area contributed by atoms with E-state index in [1.165, 1.54) is 9.22 Å². The Kier molecular flexibility index (Phi) is 4.77. The fourth-order valence-corrected chi connectivity index (χ4v) is 2.98. The number of nitrogens with zero attached hydrogens (tertiary/aromatic N) is 2. The lowest BCUT2D eigenvalue weighted by Crippen LogP contribution is -2.14. The SMILES string of the molecule is CCc1cnc(SCCN(C)C)s1. The fraction of sp³-hybridized carbons (Fsp3) is 0.667. The smallest absolute Gasteiger partial charge is 0.150 e. The van der Waals surface area contributed by atoms with Crippen LogP contribution in [0.25, 0.3) is 0 Å². The molecule has 1 aromatic rings. The highest BCUT2D eigenvalue weighted by molar-refractivity contribution is 8.01. The van der Waals surface area contributed by atoms with Crippen molar-refractivity contribution in [3.8, 4) is 0 Å². The van der Waals surface area contributed by atoms with Gasteiger partial charge in [-0.25, -0.2) is 4.98 Å². The van der Waals surface area contributed by atoms with Crippen molar-refractivity contribution in [1.82, 2.24) is 9.88 Å². The topological polar surface area (TPSA) is 16.1 Å². The summed E-state index contributed by atoms with van der Waals surface area (Å²) >= 11 is 3.67. The summed E-state index contributed by atoms with van der Waals surface area (Å²) in [4.78, 5) is 7.92. The van der Waals surface area contributed by atoms with Gasteiger partial charge in [-0.15, -0.1) is 11.3 Å². The molecule has 0 aliphatic rings. The molecule has 0 amide bonds. The molecule has 1 aromatic heterocycles. The molecule has 74 valence electrons. The minimum atomic E-state index is 1.10. The van der Waals surface area contributed by atoms with Gasteiger partial charge >= 0.3 is 0 Å². The summed E-state index contributed by atoms with van der Waals surface area (Å²) in [6.45, 7) is 3.29. The van der Waals surface area contributed by atoms with Crippen molar-refractivity contribution < 1.29 is 0 Å². The number of hydrogen-bond donors (Lipinski definition) is 0. The van der Waals surface area contributed by atoms with Gasteiger partial charge < -0.3 is 4.90 Å². The average Bonchev–Trinajstić information content (AvgIpc) is 2.52. The summed E-state index contributed by atoms with van der Waals surface area (Å²) in [5.41, 5.74) is 0. The Balaban J connectivity index is 2.28. The number of thiazole rings is 1. The standard InChI is InChI=1S/C9H16N2S2/c1-4-8-7-10-9(13-8)12-6-5-11(2)3/h7H,4-6H2,1-3H3. The van der Waals surface area contributed by atoms with Crippen LogP contribution in [0.5, 0.6) is 0 Å². The van der Waals surface area contributed by atoms with Gasteiger partial charge in [-0.1, -0.05) is 18.7 Å². The van der Waals surface area contributed by atoms with Gasteiger partial charge in [-0.2, -0.15) is 0 Å². The zero-order valence-corrected chi connectivity index (χ0v) is 10.0. The van der Waals surface area contributed by atoms with E-state index in [4.69, 9.17) is 0 Å². The highest BCUT2D eigenvalue weighted by atomic mass is 32.2. The molecule has 0 bridgehead atoms. The van der Waals surface area contributed by atoms with E-state index in [1.807, 2.05) is 29.3 Å². The molecule has 0 aliphatic carbocycles. The van der Waals surface area contributed by atoms with E-state index in [0.29, 0.717) is 0 Å². The lowest BCUT2D eigenvalue weighted by Gasteiger charge is -2.06. The number of thioether (sulfide) groups is 1. The third kappa shape index (κ3) is 4.11. The van der Waals surface area contributed by atoms with Gasteiger partial charge in [0.2, 0.25) is 0 Å². The van der Waals surface area contributed by atoms with Crippen LogP contribution in [0, 0.1) is 0 Å². The van der Waals surface area contributed by atoms with Gasteiger partial charge in [-0.3, -0.25) is 0 Å². The summed E-state index contributed by atoms with van der Waals surface area (Å²) in [6, 6.07) is 0. The van der Waals surface area contributed by atoms with Gasteiger partial charge in [-0.05, 0) is 20.5 Å². The molecule has 0 fully saturated rings. The van der Waals surface area contributed by atoms with E-state index in [-0.39, 0.29) is 0 Å². The Morgan fingerprint density at radius 3 is 2.85 bits per heavy atom. The van der Waals surface area contributed by atoms with Crippen LogP contribution >= 0.6 is 23.1 Å². The van der Waals surface area contributed by atoms with E-state index in [2.05, 4.69) is 30.9 Å². The number of rotatable bonds is 5. The molecule has 0 N–H and O–H groups in total. The molecular formula is C9H16N2S2. The van der Waals surface area contributed by atoms with Gasteiger partial charge in [0.1, 0.15) is 4.34 Å². The first-order valence-corrected chi connectivity index (χ1v) is 6.24. The zero-order valence-electron chi connectivity index (χ0n) is 8.41. The first kappa shape index (κ1) is 11.0. The number of aromatic nitrogens is 1. The predicted octanol–water partition coefficient (Wildman–Crippen LogP) is 2.36. The van der Waals surface area contributed by atoms with Crippen LogP contribution in [0.15, 0.2) is 10.5 Å². The maximum Gasteiger partial charge on any atom is 0.150 e. The highest BCUT2D eigenvalue weighted by Gasteiger charge is 2.00. The minimum Gasteiger partial charge on any atom is -0.309 e. The third-order valence-electron chi connectivity index (χ3n) is 1.64. The van der Waals surface area contributed by atoms with Crippen LogP contribution in [0.2, 0.25) is 0 Å². The molecule has 0 spiro atoms. The lowest BCUT2D eigenvalue weighted by atomic mass is 10.4. The highest BCUT2D eigenvalue weighted by Crippen LogP contribution is 2.24. The third-order valence-corrected chi connectivity index (χ3v) is 3.92. The summed E-state index contributed by atoms with van der Waals surface area (Å²) in [7, 11) is 4.19. The number of hydrogen-bond acceptors (Lipinski definition) is 4. The van der Waals surface area contributed by atoms with Crippen LogP contribution in [0.4, 0.5) is 0 Å². The summed E-state index contributed by atoms with van der Waals surface area (Å²) in [6.07, 6.45) is 3.09.